The molecule has 0 bridgehead atoms. The Kier molecular flexibility index (Phi) is 7.50. The van der Waals surface area contributed by atoms with Gasteiger partial charge < -0.3 is 20.9 Å². The van der Waals surface area contributed by atoms with E-state index in [1.165, 1.54) is 42.5 Å². The van der Waals surface area contributed by atoms with Gasteiger partial charge in [0.1, 0.15) is 17.3 Å². The molecule has 0 aliphatic heterocycles. The minimum Gasteiger partial charge on any atom is -0.478 e. The Labute approximate surface area is 216 Å². The number of halogens is 2. The molecule has 0 saturated heterocycles. The van der Waals surface area contributed by atoms with E-state index in [1.807, 2.05) is 0 Å². The average molecular weight is 519 g/mol. The number of carbonyl (C=O) groups excluding carboxylic acids is 2. The Bertz CT molecular complexity index is 1490. The summed E-state index contributed by atoms with van der Waals surface area (Å²) in [7, 11) is 0. The maximum atomic E-state index is 13.3. The minimum atomic E-state index is -1.05. The average Bonchev–Trinajstić information content (AvgIpc) is 2.88. The van der Waals surface area contributed by atoms with Gasteiger partial charge in [-0.15, -0.1) is 0 Å². The van der Waals surface area contributed by atoms with E-state index in [9.17, 15) is 18.8 Å². The molecule has 0 unspecified atom stereocenters. The first-order valence-electron chi connectivity index (χ1n) is 11.0. The van der Waals surface area contributed by atoms with Crippen molar-refractivity contribution in [2.75, 3.05) is 0 Å². The van der Waals surface area contributed by atoms with E-state index in [0.717, 1.165) is 0 Å². The molecule has 0 atom stereocenters. The first kappa shape index (κ1) is 25.4. The third kappa shape index (κ3) is 6.31. The van der Waals surface area contributed by atoms with Crippen LogP contribution in [0.4, 0.5) is 4.39 Å². The molecule has 4 aromatic carbocycles. The van der Waals surface area contributed by atoms with Crippen LogP contribution in [0, 0.1) is 5.82 Å². The molecule has 37 heavy (non-hydrogen) atoms. The number of carboxylic acids is 1. The van der Waals surface area contributed by atoms with Crippen molar-refractivity contribution in [1.82, 2.24) is 5.32 Å². The molecule has 0 aromatic heterocycles. The maximum Gasteiger partial charge on any atom is 0.335 e. The third-order valence-electron chi connectivity index (χ3n) is 5.44. The zero-order valence-electron chi connectivity index (χ0n) is 19.2. The van der Waals surface area contributed by atoms with Crippen LogP contribution in [-0.2, 0) is 6.54 Å². The Morgan fingerprint density at radius 3 is 2.22 bits per heavy atom. The molecule has 0 aliphatic carbocycles. The zero-order chi connectivity index (χ0) is 26.5. The molecule has 4 N–H and O–H groups in total. The molecule has 186 valence electrons. The van der Waals surface area contributed by atoms with Crippen LogP contribution >= 0.6 is 11.6 Å². The number of benzene rings is 4. The van der Waals surface area contributed by atoms with Gasteiger partial charge in [0, 0.05) is 17.1 Å². The first-order chi connectivity index (χ1) is 17.7. The van der Waals surface area contributed by atoms with Crippen molar-refractivity contribution in [2.24, 2.45) is 5.73 Å². The monoisotopic (exact) mass is 518 g/mol. The van der Waals surface area contributed by atoms with E-state index >= 15 is 0 Å². The standard InChI is InChI=1S/C28H20ClFN2O5/c29-21-12-19(11-20(13-21)26(31)33)18-5-10-25(37-23-8-6-22(30)7-9-23)24(14-18)27(34)32-15-16-1-3-17(4-2-16)28(35)36/h1-14H,15H2,(H2,31,33)(H,32,34)(H,35,36). The molecule has 0 spiro atoms. The van der Waals surface area contributed by atoms with E-state index in [-0.39, 0.29) is 29.0 Å². The van der Waals surface area contributed by atoms with Crippen molar-refractivity contribution in [1.29, 1.82) is 0 Å². The second-order valence-corrected chi connectivity index (χ2v) is 8.48. The Morgan fingerprint density at radius 1 is 0.865 bits per heavy atom. The number of nitrogens with one attached hydrogen (secondary N) is 1. The zero-order valence-corrected chi connectivity index (χ0v) is 20.0. The highest BCUT2D eigenvalue weighted by Gasteiger charge is 2.17. The summed E-state index contributed by atoms with van der Waals surface area (Å²) in [5.41, 5.74) is 7.76. The van der Waals surface area contributed by atoms with Crippen molar-refractivity contribution in [3.05, 3.63) is 118 Å². The van der Waals surface area contributed by atoms with E-state index in [4.69, 9.17) is 27.2 Å². The largest absolute Gasteiger partial charge is 0.478 e. The normalized spacial score (nSPS) is 10.5. The van der Waals surface area contributed by atoms with E-state index < -0.39 is 23.6 Å². The summed E-state index contributed by atoms with van der Waals surface area (Å²) in [6.07, 6.45) is 0. The first-order valence-corrected chi connectivity index (χ1v) is 11.4. The molecular weight excluding hydrogens is 499 g/mol. The summed E-state index contributed by atoms with van der Waals surface area (Å²) < 4.78 is 19.2. The highest BCUT2D eigenvalue weighted by atomic mass is 35.5. The quantitative estimate of drug-likeness (QED) is 0.278. The molecule has 4 aromatic rings. The number of carbonyl (C=O) groups is 3. The number of aromatic carboxylic acids is 1. The molecule has 0 fully saturated rings. The summed E-state index contributed by atoms with van der Waals surface area (Å²) in [4.78, 5) is 36.0. The molecular formula is C28H20ClFN2O5. The molecule has 0 aliphatic rings. The van der Waals surface area contributed by atoms with Gasteiger partial charge in [0.05, 0.1) is 11.1 Å². The predicted octanol–water partition coefficient (Wildman–Crippen LogP) is 5.67. The van der Waals surface area contributed by atoms with Crippen LogP contribution in [0.5, 0.6) is 11.5 Å². The fourth-order valence-electron chi connectivity index (χ4n) is 3.55. The summed E-state index contributed by atoms with van der Waals surface area (Å²) in [5.74, 6) is -2.06. The number of amides is 2. The Hall–Kier alpha value is -4.69. The number of hydrogen-bond acceptors (Lipinski definition) is 4. The highest BCUT2D eigenvalue weighted by Crippen LogP contribution is 2.32. The molecule has 7 nitrogen and oxygen atoms in total. The lowest BCUT2D eigenvalue weighted by Crippen LogP contribution is -2.23. The SMILES string of the molecule is NC(=O)c1cc(Cl)cc(-c2ccc(Oc3ccc(F)cc3)c(C(=O)NCc3ccc(C(=O)O)cc3)c2)c1. The van der Waals surface area contributed by atoms with Crippen molar-refractivity contribution in [3.8, 4) is 22.6 Å². The van der Waals surface area contributed by atoms with Crippen LogP contribution < -0.4 is 15.8 Å². The van der Waals surface area contributed by atoms with Crippen molar-refractivity contribution < 1.29 is 28.6 Å². The molecule has 0 saturated carbocycles. The van der Waals surface area contributed by atoms with Gasteiger partial charge in [0.2, 0.25) is 5.91 Å². The Morgan fingerprint density at radius 2 is 1.57 bits per heavy atom. The lowest BCUT2D eigenvalue weighted by molar-refractivity contribution is 0.0696. The third-order valence-corrected chi connectivity index (χ3v) is 5.65. The lowest BCUT2D eigenvalue weighted by atomic mass is 9.99. The smallest absolute Gasteiger partial charge is 0.335 e. The van der Waals surface area contributed by atoms with Crippen LogP contribution in [0.1, 0.15) is 36.6 Å². The molecule has 0 radical (unpaired) electrons. The van der Waals surface area contributed by atoms with Gasteiger partial charge in [-0.05, 0) is 83.4 Å². The molecule has 9 heteroatoms. The van der Waals surface area contributed by atoms with Crippen LogP contribution in [0.25, 0.3) is 11.1 Å². The number of carboxylic acid groups (broad SMARTS) is 1. The summed E-state index contributed by atoms with van der Waals surface area (Å²) in [5, 5.41) is 12.1. The molecule has 4 rings (SSSR count). The number of rotatable bonds is 8. The van der Waals surface area contributed by atoms with Gasteiger partial charge in [-0.1, -0.05) is 29.8 Å². The van der Waals surface area contributed by atoms with Gasteiger partial charge in [-0.25, -0.2) is 9.18 Å². The summed E-state index contributed by atoms with van der Waals surface area (Å²) in [6, 6.07) is 21.0. The van der Waals surface area contributed by atoms with E-state index in [1.54, 1.807) is 42.5 Å². The number of nitrogens with two attached hydrogens (primary N) is 1. The van der Waals surface area contributed by atoms with Gasteiger partial charge in [0.25, 0.3) is 5.91 Å². The van der Waals surface area contributed by atoms with Crippen LogP contribution in [-0.4, -0.2) is 22.9 Å². The Balaban J connectivity index is 1.67. The van der Waals surface area contributed by atoms with E-state index in [0.29, 0.717) is 27.5 Å². The van der Waals surface area contributed by atoms with Gasteiger partial charge >= 0.3 is 5.97 Å². The van der Waals surface area contributed by atoms with Crippen molar-refractivity contribution >= 4 is 29.4 Å². The van der Waals surface area contributed by atoms with Crippen LogP contribution in [0.2, 0.25) is 5.02 Å². The van der Waals surface area contributed by atoms with Crippen molar-refractivity contribution in [3.63, 3.8) is 0 Å². The molecule has 0 heterocycles. The second kappa shape index (κ2) is 10.9. The number of primary amides is 1. The fraction of sp³-hybridized carbons (Fsp3) is 0.0357. The topological polar surface area (TPSA) is 119 Å². The second-order valence-electron chi connectivity index (χ2n) is 8.04. The van der Waals surface area contributed by atoms with Gasteiger partial charge in [-0.2, -0.15) is 0 Å². The lowest BCUT2D eigenvalue weighted by Gasteiger charge is -2.14. The van der Waals surface area contributed by atoms with Crippen LogP contribution in [0.3, 0.4) is 0 Å². The van der Waals surface area contributed by atoms with Gasteiger partial charge in [-0.3, -0.25) is 9.59 Å². The van der Waals surface area contributed by atoms with Crippen molar-refractivity contribution in [2.45, 2.75) is 6.54 Å². The number of ether oxygens (including phenoxy) is 1. The molecule has 2 amide bonds. The summed E-state index contributed by atoms with van der Waals surface area (Å²) in [6.45, 7) is 0.127. The van der Waals surface area contributed by atoms with Gasteiger partial charge in [0.15, 0.2) is 0 Å². The predicted molar refractivity (Wildman–Crippen MR) is 136 cm³/mol. The fourth-order valence-corrected chi connectivity index (χ4v) is 3.78. The minimum absolute atomic E-state index is 0.127. The van der Waals surface area contributed by atoms with E-state index in [2.05, 4.69) is 5.32 Å². The number of hydrogen-bond donors (Lipinski definition) is 3. The maximum absolute atomic E-state index is 13.3. The summed E-state index contributed by atoms with van der Waals surface area (Å²) >= 11 is 6.17. The van der Waals surface area contributed by atoms with Crippen LogP contribution in [0.15, 0.2) is 84.9 Å². The highest BCUT2D eigenvalue weighted by molar-refractivity contribution is 6.31.